The van der Waals surface area contributed by atoms with E-state index in [1.54, 1.807) is 0 Å². The summed E-state index contributed by atoms with van der Waals surface area (Å²) in [5.74, 6) is 0.861. The van der Waals surface area contributed by atoms with Crippen molar-refractivity contribution >= 4 is 11.6 Å². The molecule has 1 fully saturated rings. The van der Waals surface area contributed by atoms with Crippen LogP contribution in [-0.4, -0.2) is 5.38 Å². The number of allylic oxidation sites excluding steroid dienone is 1. The maximum atomic E-state index is 6.13. The Kier molecular flexibility index (Phi) is 3.99. The standard InChI is InChI=1S/C10H17Cl/c1-2-3-4-5-6-10(11)9-7-8-9/h2,9-10H,1,3-8H2. The first-order valence-corrected chi connectivity index (χ1v) is 5.03. The van der Waals surface area contributed by atoms with Gasteiger partial charge in [0.15, 0.2) is 0 Å². The molecule has 0 amide bonds. The molecule has 0 radical (unpaired) electrons. The molecule has 1 aliphatic carbocycles. The van der Waals surface area contributed by atoms with E-state index in [9.17, 15) is 0 Å². The monoisotopic (exact) mass is 172 g/mol. The predicted octanol–water partition coefficient (Wildman–Crippen LogP) is 3.75. The van der Waals surface area contributed by atoms with Gasteiger partial charge in [0, 0.05) is 5.38 Å². The molecule has 0 N–H and O–H groups in total. The predicted molar refractivity (Wildman–Crippen MR) is 51.0 cm³/mol. The number of hydrogen-bond donors (Lipinski definition) is 0. The van der Waals surface area contributed by atoms with E-state index in [0.29, 0.717) is 5.38 Å². The van der Waals surface area contributed by atoms with E-state index in [0.717, 1.165) is 12.3 Å². The highest BCUT2D eigenvalue weighted by Crippen LogP contribution is 2.37. The van der Waals surface area contributed by atoms with Gasteiger partial charge in [-0.25, -0.2) is 0 Å². The summed E-state index contributed by atoms with van der Waals surface area (Å²) in [6.07, 6.45) is 9.62. The molecule has 1 aliphatic rings. The molecule has 0 saturated heterocycles. The van der Waals surface area contributed by atoms with Crippen molar-refractivity contribution in [3.8, 4) is 0 Å². The molecule has 0 spiro atoms. The fourth-order valence-electron chi connectivity index (χ4n) is 1.32. The lowest BCUT2D eigenvalue weighted by molar-refractivity contribution is 0.615. The first-order chi connectivity index (χ1) is 5.34. The second-order valence-corrected chi connectivity index (χ2v) is 3.99. The van der Waals surface area contributed by atoms with E-state index >= 15 is 0 Å². The van der Waals surface area contributed by atoms with Crippen molar-refractivity contribution in [2.75, 3.05) is 0 Å². The largest absolute Gasteiger partial charge is 0.123 e. The molecule has 0 nitrogen and oxygen atoms in total. The van der Waals surface area contributed by atoms with E-state index in [1.807, 2.05) is 6.08 Å². The van der Waals surface area contributed by atoms with Crippen LogP contribution >= 0.6 is 11.6 Å². The van der Waals surface area contributed by atoms with Gasteiger partial charge in [-0.15, -0.1) is 18.2 Å². The number of halogens is 1. The van der Waals surface area contributed by atoms with Crippen molar-refractivity contribution in [2.45, 2.75) is 43.9 Å². The van der Waals surface area contributed by atoms with Gasteiger partial charge in [-0.05, 0) is 38.0 Å². The van der Waals surface area contributed by atoms with Gasteiger partial charge in [-0.2, -0.15) is 0 Å². The van der Waals surface area contributed by atoms with Gasteiger partial charge >= 0.3 is 0 Å². The third kappa shape index (κ3) is 3.81. The highest BCUT2D eigenvalue weighted by atomic mass is 35.5. The summed E-state index contributed by atoms with van der Waals surface area (Å²) in [4.78, 5) is 0. The normalized spacial score (nSPS) is 19.7. The maximum absolute atomic E-state index is 6.13. The molecule has 0 bridgehead atoms. The molecule has 11 heavy (non-hydrogen) atoms. The maximum Gasteiger partial charge on any atom is 0.0364 e. The summed E-state index contributed by atoms with van der Waals surface area (Å²) >= 11 is 6.13. The van der Waals surface area contributed by atoms with Crippen molar-refractivity contribution in [2.24, 2.45) is 5.92 Å². The van der Waals surface area contributed by atoms with Crippen LogP contribution in [0.2, 0.25) is 0 Å². The topological polar surface area (TPSA) is 0 Å². The summed E-state index contributed by atoms with van der Waals surface area (Å²) in [5.41, 5.74) is 0. The van der Waals surface area contributed by atoms with Gasteiger partial charge in [-0.3, -0.25) is 0 Å². The van der Waals surface area contributed by atoms with E-state index in [-0.39, 0.29) is 0 Å². The Morgan fingerprint density at radius 2 is 2.18 bits per heavy atom. The lowest BCUT2D eigenvalue weighted by Gasteiger charge is -2.05. The van der Waals surface area contributed by atoms with Crippen LogP contribution in [0.4, 0.5) is 0 Å². The second kappa shape index (κ2) is 4.82. The lowest BCUT2D eigenvalue weighted by atomic mass is 10.1. The third-order valence-electron chi connectivity index (χ3n) is 2.27. The minimum absolute atomic E-state index is 0.472. The van der Waals surface area contributed by atoms with E-state index < -0.39 is 0 Å². The van der Waals surface area contributed by atoms with Gasteiger partial charge in [0.2, 0.25) is 0 Å². The van der Waals surface area contributed by atoms with Gasteiger partial charge in [-0.1, -0.05) is 12.5 Å². The molecule has 64 valence electrons. The minimum Gasteiger partial charge on any atom is -0.123 e. The Morgan fingerprint density at radius 3 is 2.73 bits per heavy atom. The fraction of sp³-hybridized carbons (Fsp3) is 0.800. The molecular formula is C10H17Cl. The molecular weight excluding hydrogens is 156 g/mol. The third-order valence-corrected chi connectivity index (χ3v) is 2.85. The van der Waals surface area contributed by atoms with E-state index in [1.165, 1.54) is 32.1 Å². The smallest absolute Gasteiger partial charge is 0.0364 e. The van der Waals surface area contributed by atoms with Crippen molar-refractivity contribution in [1.29, 1.82) is 0 Å². The molecule has 1 rings (SSSR count). The Hall–Kier alpha value is 0.0300. The fourth-order valence-corrected chi connectivity index (χ4v) is 1.73. The van der Waals surface area contributed by atoms with Crippen LogP contribution in [0, 0.1) is 5.92 Å². The first kappa shape index (κ1) is 9.12. The average Bonchev–Trinajstić information content (AvgIpc) is 2.79. The van der Waals surface area contributed by atoms with Crippen LogP contribution < -0.4 is 0 Å². The summed E-state index contributed by atoms with van der Waals surface area (Å²) in [6.45, 7) is 3.69. The minimum atomic E-state index is 0.472. The van der Waals surface area contributed by atoms with Crippen LogP contribution in [0.25, 0.3) is 0 Å². The van der Waals surface area contributed by atoms with E-state index in [4.69, 9.17) is 11.6 Å². The zero-order valence-corrected chi connectivity index (χ0v) is 7.82. The average molecular weight is 173 g/mol. The molecule has 1 atom stereocenters. The second-order valence-electron chi connectivity index (χ2n) is 3.43. The molecule has 1 heteroatoms. The first-order valence-electron chi connectivity index (χ1n) is 4.59. The van der Waals surface area contributed by atoms with Crippen LogP contribution in [0.5, 0.6) is 0 Å². The summed E-state index contributed by atoms with van der Waals surface area (Å²) in [6, 6.07) is 0. The molecule has 0 aliphatic heterocycles. The van der Waals surface area contributed by atoms with Crippen LogP contribution in [-0.2, 0) is 0 Å². The van der Waals surface area contributed by atoms with Crippen molar-refractivity contribution in [3.63, 3.8) is 0 Å². The van der Waals surface area contributed by atoms with Crippen LogP contribution in [0.1, 0.15) is 38.5 Å². The Bertz CT molecular complexity index is 116. The number of hydrogen-bond acceptors (Lipinski definition) is 0. The number of unbranched alkanes of at least 4 members (excludes halogenated alkanes) is 2. The molecule has 0 aromatic rings. The zero-order chi connectivity index (χ0) is 8.10. The van der Waals surface area contributed by atoms with Crippen LogP contribution in [0.15, 0.2) is 12.7 Å². The van der Waals surface area contributed by atoms with E-state index in [2.05, 4.69) is 6.58 Å². The molecule has 1 saturated carbocycles. The summed E-state index contributed by atoms with van der Waals surface area (Å²) in [7, 11) is 0. The summed E-state index contributed by atoms with van der Waals surface area (Å²) < 4.78 is 0. The Balaban J connectivity index is 1.88. The molecule has 0 heterocycles. The highest BCUT2D eigenvalue weighted by molar-refractivity contribution is 6.20. The Labute approximate surface area is 74.6 Å². The Morgan fingerprint density at radius 1 is 1.45 bits per heavy atom. The van der Waals surface area contributed by atoms with Crippen molar-refractivity contribution in [3.05, 3.63) is 12.7 Å². The summed E-state index contributed by atoms with van der Waals surface area (Å²) in [5, 5.41) is 0.472. The SMILES string of the molecule is C=CCCCCC(Cl)C1CC1. The number of alkyl halides is 1. The van der Waals surface area contributed by atoms with Gasteiger partial charge in [0.25, 0.3) is 0 Å². The van der Waals surface area contributed by atoms with Gasteiger partial charge in [0.1, 0.15) is 0 Å². The zero-order valence-electron chi connectivity index (χ0n) is 7.06. The van der Waals surface area contributed by atoms with Crippen molar-refractivity contribution in [1.82, 2.24) is 0 Å². The van der Waals surface area contributed by atoms with Crippen molar-refractivity contribution < 1.29 is 0 Å². The molecule has 0 aromatic carbocycles. The molecule has 0 aromatic heterocycles. The number of rotatable bonds is 6. The van der Waals surface area contributed by atoms with Gasteiger partial charge < -0.3 is 0 Å². The van der Waals surface area contributed by atoms with Crippen LogP contribution in [0.3, 0.4) is 0 Å². The quantitative estimate of drug-likeness (QED) is 0.325. The van der Waals surface area contributed by atoms with Gasteiger partial charge in [0.05, 0.1) is 0 Å². The highest BCUT2D eigenvalue weighted by Gasteiger charge is 2.28. The molecule has 1 unspecified atom stereocenters. The lowest BCUT2D eigenvalue weighted by Crippen LogP contribution is -1.99.